The topological polar surface area (TPSA) is 26.0 Å². The van der Waals surface area contributed by atoms with Crippen LogP contribution in [0.3, 0.4) is 0 Å². The van der Waals surface area contributed by atoms with Crippen LogP contribution in [0.5, 0.6) is 0 Å². The van der Waals surface area contributed by atoms with E-state index in [0.717, 1.165) is 0 Å². The lowest BCUT2D eigenvalue weighted by atomic mass is 10.6. The molecule has 0 aliphatic heterocycles. The van der Waals surface area contributed by atoms with Crippen molar-refractivity contribution in [1.29, 1.82) is 0 Å². The summed E-state index contributed by atoms with van der Waals surface area (Å²) in [7, 11) is 3.05. The summed E-state index contributed by atoms with van der Waals surface area (Å²) in [5, 5.41) is 5.09. The van der Waals surface area contributed by atoms with Crippen molar-refractivity contribution in [3.8, 4) is 0 Å². The SMILES string of the molecule is CCCSSN. The minimum atomic E-state index is 1.17. The van der Waals surface area contributed by atoms with Gasteiger partial charge in [0.1, 0.15) is 0 Å². The number of rotatable bonds is 3. The summed E-state index contributed by atoms with van der Waals surface area (Å²) in [6, 6.07) is 0. The summed E-state index contributed by atoms with van der Waals surface area (Å²) in [5.74, 6) is 1.17. The van der Waals surface area contributed by atoms with E-state index in [1.165, 1.54) is 23.2 Å². The molecule has 0 spiro atoms. The van der Waals surface area contributed by atoms with Crippen LogP contribution in [0.15, 0.2) is 0 Å². The Labute approximate surface area is 46.6 Å². The van der Waals surface area contributed by atoms with Crippen LogP contribution >= 0.6 is 21.8 Å². The molecule has 0 fully saturated rings. The molecule has 0 aromatic rings. The van der Waals surface area contributed by atoms with Gasteiger partial charge in [0.15, 0.2) is 0 Å². The van der Waals surface area contributed by atoms with Gasteiger partial charge in [-0.15, -0.1) is 0 Å². The Morgan fingerprint density at radius 3 is 2.50 bits per heavy atom. The van der Waals surface area contributed by atoms with Crippen molar-refractivity contribution in [3.63, 3.8) is 0 Å². The number of hydrogen-bond donors (Lipinski definition) is 1. The maximum Gasteiger partial charge on any atom is 0.00467 e. The summed E-state index contributed by atoms with van der Waals surface area (Å²) >= 11 is 0. The molecular formula is C3H9NS2. The second-order valence-corrected chi connectivity index (χ2v) is 3.04. The van der Waals surface area contributed by atoms with Crippen LogP contribution in [-0.2, 0) is 0 Å². The second-order valence-electron chi connectivity index (χ2n) is 0.918. The van der Waals surface area contributed by atoms with Crippen LogP contribution in [0, 0.1) is 0 Å². The van der Waals surface area contributed by atoms with Crippen LogP contribution in [0.25, 0.3) is 0 Å². The summed E-state index contributed by atoms with van der Waals surface area (Å²) in [6.45, 7) is 2.14. The summed E-state index contributed by atoms with van der Waals surface area (Å²) in [6.07, 6.45) is 1.22. The van der Waals surface area contributed by atoms with E-state index < -0.39 is 0 Å². The lowest BCUT2D eigenvalue weighted by Gasteiger charge is -1.85. The third-order valence-corrected chi connectivity index (χ3v) is 1.97. The minimum absolute atomic E-state index is 1.17. The normalized spacial score (nSPS) is 9.00. The highest BCUT2D eigenvalue weighted by molar-refractivity contribution is 8.75. The highest BCUT2D eigenvalue weighted by atomic mass is 33.1. The maximum atomic E-state index is 5.09. The van der Waals surface area contributed by atoms with Crippen LogP contribution < -0.4 is 5.14 Å². The Hall–Kier alpha value is 0.660. The standard InChI is InChI=1S/C3H9NS2/c1-2-3-5-6-4/h2-4H2,1H3. The molecule has 3 heteroatoms. The van der Waals surface area contributed by atoms with Crippen molar-refractivity contribution in [2.24, 2.45) is 5.14 Å². The van der Waals surface area contributed by atoms with E-state index in [1.807, 2.05) is 0 Å². The molecule has 1 nitrogen and oxygen atoms in total. The molecule has 0 aliphatic carbocycles. The van der Waals surface area contributed by atoms with E-state index in [0.29, 0.717) is 0 Å². The quantitative estimate of drug-likeness (QED) is 0.351. The number of hydrogen-bond acceptors (Lipinski definition) is 3. The first-order valence-corrected chi connectivity index (χ1v) is 4.28. The Morgan fingerprint density at radius 2 is 2.33 bits per heavy atom. The Morgan fingerprint density at radius 1 is 1.67 bits per heavy atom. The summed E-state index contributed by atoms with van der Waals surface area (Å²) in [5.41, 5.74) is 0. The van der Waals surface area contributed by atoms with E-state index >= 15 is 0 Å². The Kier molecular flexibility index (Phi) is 6.28. The van der Waals surface area contributed by atoms with Crippen LogP contribution in [0.2, 0.25) is 0 Å². The predicted octanol–water partition coefficient (Wildman–Crippen LogP) is 1.65. The molecule has 0 heterocycles. The molecule has 0 aromatic heterocycles. The molecule has 0 saturated heterocycles. The van der Waals surface area contributed by atoms with Gasteiger partial charge in [0.2, 0.25) is 0 Å². The largest absolute Gasteiger partial charge is 0.268 e. The van der Waals surface area contributed by atoms with Crippen molar-refractivity contribution in [1.82, 2.24) is 0 Å². The van der Waals surface area contributed by atoms with Crippen molar-refractivity contribution in [2.45, 2.75) is 13.3 Å². The molecule has 0 saturated carbocycles. The molecule has 0 radical (unpaired) electrons. The van der Waals surface area contributed by atoms with Crippen molar-refractivity contribution < 1.29 is 0 Å². The van der Waals surface area contributed by atoms with Crippen molar-refractivity contribution in [3.05, 3.63) is 0 Å². The minimum Gasteiger partial charge on any atom is -0.268 e. The predicted molar refractivity (Wildman–Crippen MR) is 34.5 cm³/mol. The highest BCUT2D eigenvalue weighted by Gasteiger charge is 1.76. The van der Waals surface area contributed by atoms with E-state index in [9.17, 15) is 0 Å². The fraction of sp³-hybridized carbons (Fsp3) is 1.00. The zero-order chi connectivity index (χ0) is 4.83. The van der Waals surface area contributed by atoms with Gasteiger partial charge in [-0.1, -0.05) is 17.7 Å². The van der Waals surface area contributed by atoms with Gasteiger partial charge in [0.05, 0.1) is 0 Å². The first kappa shape index (κ1) is 6.66. The molecule has 0 bridgehead atoms. The smallest absolute Gasteiger partial charge is 0.00467 e. The molecule has 0 amide bonds. The average molecular weight is 123 g/mol. The average Bonchev–Trinajstić information content (AvgIpc) is 1.61. The maximum absolute atomic E-state index is 5.09. The lowest BCUT2D eigenvalue weighted by molar-refractivity contribution is 1.11. The van der Waals surface area contributed by atoms with E-state index in [1.54, 1.807) is 10.8 Å². The molecular weight excluding hydrogens is 114 g/mol. The lowest BCUT2D eigenvalue weighted by Crippen LogP contribution is -1.72. The van der Waals surface area contributed by atoms with Crippen molar-refractivity contribution >= 4 is 21.8 Å². The Balaban J connectivity index is 2.34. The third-order valence-electron chi connectivity index (χ3n) is 0.355. The fourth-order valence-corrected chi connectivity index (χ4v) is 1.18. The third kappa shape index (κ3) is 4.66. The second kappa shape index (κ2) is 5.66. The molecule has 0 rings (SSSR count). The monoisotopic (exact) mass is 123 g/mol. The highest BCUT2D eigenvalue weighted by Crippen LogP contribution is 2.12. The first-order chi connectivity index (χ1) is 2.91. The van der Waals surface area contributed by atoms with Gasteiger partial charge in [0.25, 0.3) is 0 Å². The van der Waals surface area contributed by atoms with Crippen LogP contribution in [-0.4, -0.2) is 5.75 Å². The number of nitrogens with two attached hydrogens (primary N) is 1. The first-order valence-electron chi connectivity index (χ1n) is 1.90. The van der Waals surface area contributed by atoms with Crippen LogP contribution in [0.4, 0.5) is 0 Å². The van der Waals surface area contributed by atoms with E-state index in [2.05, 4.69) is 6.92 Å². The van der Waals surface area contributed by atoms with E-state index in [-0.39, 0.29) is 0 Å². The molecule has 38 valence electrons. The fourth-order valence-electron chi connectivity index (χ4n) is 0.131. The zero-order valence-electron chi connectivity index (χ0n) is 3.81. The van der Waals surface area contributed by atoms with Crippen LogP contribution in [0.1, 0.15) is 13.3 Å². The van der Waals surface area contributed by atoms with Gasteiger partial charge in [0, 0.05) is 5.75 Å². The molecule has 0 aromatic carbocycles. The molecule has 0 unspecified atom stereocenters. The van der Waals surface area contributed by atoms with Gasteiger partial charge in [-0.05, 0) is 17.4 Å². The Bertz CT molecular complexity index is 20.8. The molecule has 0 aliphatic rings. The van der Waals surface area contributed by atoms with E-state index in [4.69, 9.17) is 5.14 Å². The molecule has 2 N–H and O–H groups in total. The van der Waals surface area contributed by atoms with Crippen molar-refractivity contribution in [2.75, 3.05) is 5.75 Å². The molecule has 0 atom stereocenters. The van der Waals surface area contributed by atoms with Gasteiger partial charge < -0.3 is 0 Å². The van der Waals surface area contributed by atoms with Gasteiger partial charge in [-0.25, -0.2) is 0 Å². The van der Waals surface area contributed by atoms with Gasteiger partial charge in [-0.3, -0.25) is 5.14 Å². The zero-order valence-corrected chi connectivity index (χ0v) is 5.44. The summed E-state index contributed by atoms with van der Waals surface area (Å²) in [4.78, 5) is 0. The van der Waals surface area contributed by atoms with Gasteiger partial charge >= 0.3 is 0 Å². The summed E-state index contributed by atoms with van der Waals surface area (Å²) < 4.78 is 0. The molecule has 6 heavy (non-hydrogen) atoms. The van der Waals surface area contributed by atoms with Gasteiger partial charge in [-0.2, -0.15) is 0 Å².